The highest BCUT2D eigenvalue weighted by Gasteiger charge is 2.24. The monoisotopic (exact) mass is 257 g/mol. The molecule has 1 fully saturated rings. The average molecular weight is 257 g/mol. The molecule has 0 amide bonds. The molecule has 0 spiro atoms. The van der Waals surface area contributed by atoms with E-state index in [-0.39, 0.29) is 0 Å². The van der Waals surface area contributed by atoms with Crippen molar-refractivity contribution in [1.82, 2.24) is 10.6 Å². The van der Waals surface area contributed by atoms with Crippen molar-refractivity contribution < 1.29 is 0 Å². The van der Waals surface area contributed by atoms with Crippen molar-refractivity contribution >= 4 is 17.7 Å². The van der Waals surface area contributed by atoms with Crippen LogP contribution in [0.4, 0.5) is 0 Å². The van der Waals surface area contributed by atoms with Gasteiger partial charge in [0.2, 0.25) is 0 Å². The Balaban J connectivity index is 2.19. The zero-order valence-electron chi connectivity index (χ0n) is 11.5. The molecule has 17 heavy (non-hydrogen) atoms. The van der Waals surface area contributed by atoms with Crippen molar-refractivity contribution in [3.8, 4) is 0 Å². The second kappa shape index (κ2) is 8.67. The number of rotatable bonds is 6. The third-order valence-electron chi connectivity index (χ3n) is 3.36. The van der Waals surface area contributed by atoms with Crippen molar-refractivity contribution in [3.63, 3.8) is 0 Å². The summed E-state index contributed by atoms with van der Waals surface area (Å²) < 4.78 is 0. The van der Waals surface area contributed by atoms with Crippen LogP contribution in [0.15, 0.2) is 4.99 Å². The molecule has 3 nitrogen and oxygen atoms in total. The van der Waals surface area contributed by atoms with Gasteiger partial charge in [-0.05, 0) is 31.9 Å². The predicted molar refractivity (Wildman–Crippen MR) is 79.0 cm³/mol. The highest BCUT2D eigenvalue weighted by molar-refractivity contribution is 7.99. The first kappa shape index (κ1) is 14.7. The van der Waals surface area contributed by atoms with E-state index in [0.29, 0.717) is 6.04 Å². The Morgan fingerprint density at radius 2 is 2.18 bits per heavy atom. The number of hydrogen-bond donors (Lipinski definition) is 2. The van der Waals surface area contributed by atoms with Gasteiger partial charge < -0.3 is 10.6 Å². The third-order valence-corrected chi connectivity index (χ3v) is 4.45. The lowest BCUT2D eigenvalue weighted by Crippen LogP contribution is -2.42. The van der Waals surface area contributed by atoms with E-state index in [0.717, 1.165) is 17.8 Å². The van der Waals surface area contributed by atoms with Crippen LogP contribution in [0.3, 0.4) is 0 Å². The fourth-order valence-electron chi connectivity index (χ4n) is 2.26. The van der Waals surface area contributed by atoms with Gasteiger partial charge in [0.1, 0.15) is 0 Å². The molecule has 2 atom stereocenters. The number of nitrogens with zero attached hydrogens (tertiary/aromatic N) is 1. The van der Waals surface area contributed by atoms with E-state index in [1.54, 1.807) is 0 Å². The minimum atomic E-state index is 0.616. The standard InChI is InChI=1S/C13H27N3S/c1-4-5-6-9-15-13(14-2)16-11-7-8-12(10-11)17-3/h11-12H,4-10H2,1-3H3,(H2,14,15,16). The molecule has 4 heteroatoms. The molecule has 2 N–H and O–H groups in total. The van der Waals surface area contributed by atoms with Gasteiger partial charge in [-0.15, -0.1) is 0 Å². The molecule has 0 aromatic carbocycles. The Kier molecular flexibility index (Phi) is 7.49. The minimum absolute atomic E-state index is 0.616. The zero-order valence-corrected chi connectivity index (χ0v) is 12.3. The van der Waals surface area contributed by atoms with Gasteiger partial charge in [-0.25, -0.2) is 0 Å². The van der Waals surface area contributed by atoms with Gasteiger partial charge >= 0.3 is 0 Å². The lowest BCUT2D eigenvalue weighted by Gasteiger charge is -2.17. The Hall–Kier alpha value is -0.380. The summed E-state index contributed by atoms with van der Waals surface area (Å²) in [5.74, 6) is 0.979. The summed E-state index contributed by atoms with van der Waals surface area (Å²) in [6.45, 7) is 3.26. The number of guanidine groups is 1. The van der Waals surface area contributed by atoms with Gasteiger partial charge in [0.05, 0.1) is 0 Å². The van der Waals surface area contributed by atoms with Crippen LogP contribution in [-0.2, 0) is 0 Å². The van der Waals surface area contributed by atoms with Crippen LogP contribution in [-0.4, -0.2) is 37.1 Å². The highest BCUT2D eigenvalue weighted by atomic mass is 32.2. The van der Waals surface area contributed by atoms with E-state index in [9.17, 15) is 0 Å². The zero-order chi connectivity index (χ0) is 12.5. The first-order valence-electron chi connectivity index (χ1n) is 6.80. The van der Waals surface area contributed by atoms with E-state index >= 15 is 0 Å². The Morgan fingerprint density at radius 3 is 2.76 bits per heavy atom. The highest BCUT2D eigenvalue weighted by Crippen LogP contribution is 2.27. The Labute approximate surface area is 110 Å². The lowest BCUT2D eigenvalue weighted by molar-refractivity contribution is 0.607. The smallest absolute Gasteiger partial charge is 0.191 e. The van der Waals surface area contributed by atoms with Gasteiger partial charge in [0.15, 0.2) is 5.96 Å². The van der Waals surface area contributed by atoms with Gasteiger partial charge in [-0.1, -0.05) is 19.8 Å². The SMILES string of the molecule is CCCCCNC(=NC)NC1CCC(SC)C1. The van der Waals surface area contributed by atoms with Crippen molar-refractivity contribution in [3.05, 3.63) is 0 Å². The second-order valence-electron chi connectivity index (χ2n) is 4.72. The fourth-order valence-corrected chi connectivity index (χ4v) is 3.05. The van der Waals surface area contributed by atoms with Gasteiger partial charge in [-0.3, -0.25) is 4.99 Å². The number of hydrogen-bond acceptors (Lipinski definition) is 2. The molecular formula is C13H27N3S. The van der Waals surface area contributed by atoms with Crippen molar-refractivity contribution in [2.24, 2.45) is 4.99 Å². The first-order valence-corrected chi connectivity index (χ1v) is 8.09. The van der Waals surface area contributed by atoms with Crippen molar-refractivity contribution in [2.45, 2.75) is 56.7 Å². The van der Waals surface area contributed by atoms with E-state index < -0.39 is 0 Å². The molecule has 100 valence electrons. The fraction of sp³-hybridized carbons (Fsp3) is 0.923. The number of aliphatic imine (C=N–C) groups is 1. The van der Waals surface area contributed by atoms with Crippen LogP contribution >= 0.6 is 11.8 Å². The molecule has 0 aromatic rings. The van der Waals surface area contributed by atoms with E-state index in [1.807, 2.05) is 18.8 Å². The molecule has 0 heterocycles. The summed E-state index contributed by atoms with van der Waals surface area (Å²) in [5.41, 5.74) is 0. The summed E-state index contributed by atoms with van der Waals surface area (Å²) in [7, 11) is 1.86. The van der Waals surface area contributed by atoms with Crippen LogP contribution < -0.4 is 10.6 Å². The molecule has 0 radical (unpaired) electrons. The maximum Gasteiger partial charge on any atom is 0.191 e. The lowest BCUT2D eigenvalue weighted by atomic mass is 10.2. The van der Waals surface area contributed by atoms with Crippen LogP contribution in [0.5, 0.6) is 0 Å². The topological polar surface area (TPSA) is 36.4 Å². The Bertz CT molecular complexity index is 231. The normalized spacial score (nSPS) is 25.0. The average Bonchev–Trinajstić information content (AvgIpc) is 2.80. The van der Waals surface area contributed by atoms with Crippen LogP contribution in [0, 0.1) is 0 Å². The molecule has 0 aliphatic heterocycles. The quantitative estimate of drug-likeness (QED) is 0.436. The summed E-state index contributed by atoms with van der Waals surface area (Å²) in [5, 5.41) is 7.77. The van der Waals surface area contributed by atoms with E-state index in [4.69, 9.17) is 0 Å². The maximum atomic E-state index is 4.29. The van der Waals surface area contributed by atoms with Crippen molar-refractivity contribution in [1.29, 1.82) is 0 Å². The maximum absolute atomic E-state index is 4.29. The number of unbranched alkanes of at least 4 members (excludes halogenated alkanes) is 2. The first-order chi connectivity index (χ1) is 8.30. The number of nitrogens with one attached hydrogen (secondary N) is 2. The van der Waals surface area contributed by atoms with Crippen LogP contribution in [0.25, 0.3) is 0 Å². The second-order valence-corrected chi connectivity index (χ2v) is 5.86. The molecule has 1 rings (SSSR count). The van der Waals surface area contributed by atoms with E-state index in [1.165, 1.54) is 38.5 Å². The summed E-state index contributed by atoms with van der Waals surface area (Å²) in [6.07, 6.45) is 9.90. The Morgan fingerprint density at radius 1 is 1.35 bits per heavy atom. The largest absolute Gasteiger partial charge is 0.356 e. The molecule has 1 aliphatic rings. The summed E-state index contributed by atoms with van der Waals surface area (Å²) in [4.78, 5) is 4.29. The molecule has 1 aliphatic carbocycles. The van der Waals surface area contributed by atoms with Gasteiger partial charge in [0, 0.05) is 24.9 Å². The van der Waals surface area contributed by atoms with Crippen LogP contribution in [0.2, 0.25) is 0 Å². The number of thioether (sulfide) groups is 1. The molecule has 0 saturated heterocycles. The van der Waals surface area contributed by atoms with Gasteiger partial charge in [0.25, 0.3) is 0 Å². The van der Waals surface area contributed by atoms with E-state index in [2.05, 4.69) is 28.8 Å². The minimum Gasteiger partial charge on any atom is -0.356 e. The van der Waals surface area contributed by atoms with Crippen LogP contribution in [0.1, 0.15) is 45.4 Å². The third kappa shape index (κ3) is 5.66. The molecule has 2 unspecified atom stereocenters. The molecule has 1 saturated carbocycles. The van der Waals surface area contributed by atoms with Crippen molar-refractivity contribution in [2.75, 3.05) is 19.8 Å². The predicted octanol–water partition coefficient (Wildman–Crippen LogP) is 2.63. The molecule has 0 aromatic heterocycles. The van der Waals surface area contributed by atoms with Gasteiger partial charge in [-0.2, -0.15) is 11.8 Å². The summed E-state index contributed by atoms with van der Waals surface area (Å²) >= 11 is 2.00. The molecule has 0 bridgehead atoms. The summed E-state index contributed by atoms with van der Waals surface area (Å²) in [6, 6.07) is 0.616. The molecular weight excluding hydrogens is 230 g/mol.